The van der Waals surface area contributed by atoms with E-state index in [9.17, 15) is 0 Å². The van der Waals surface area contributed by atoms with E-state index in [-0.39, 0.29) is 0 Å². The zero-order valence-electron chi connectivity index (χ0n) is 6.70. The molecule has 0 unspecified atom stereocenters. The van der Waals surface area contributed by atoms with E-state index in [1.54, 1.807) is 0 Å². The molecule has 54 valence electrons. The summed E-state index contributed by atoms with van der Waals surface area (Å²) in [6.07, 6.45) is 4.53. The first-order valence-electron chi connectivity index (χ1n) is 3.71. The topological polar surface area (TPSA) is 12.0 Å². The standard InChI is InChI=1S/C8H17N/c1-4-6-8(3)9-7-5-2/h6,9H,4-5,7H2,1-3H3. The summed E-state index contributed by atoms with van der Waals surface area (Å²) >= 11 is 0. The fourth-order valence-electron chi connectivity index (χ4n) is 0.701. The zero-order valence-corrected chi connectivity index (χ0v) is 6.70. The zero-order chi connectivity index (χ0) is 7.11. The van der Waals surface area contributed by atoms with Gasteiger partial charge in [-0.05, 0) is 19.8 Å². The van der Waals surface area contributed by atoms with Gasteiger partial charge in [0, 0.05) is 12.2 Å². The van der Waals surface area contributed by atoms with Crippen molar-refractivity contribution in [3.05, 3.63) is 11.8 Å². The average molecular weight is 127 g/mol. The summed E-state index contributed by atoms with van der Waals surface area (Å²) in [5.41, 5.74) is 1.30. The van der Waals surface area contributed by atoms with Crippen molar-refractivity contribution in [2.75, 3.05) is 6.54 Å². The van der Waals surface area contributed by atoms with Crippen LogP contribution < -0.4 is 5.32 Å². The van der Waals surface area contributed by atoms with Crippen molar-refractivity contribution in [3.63, 3.8) is 0 Å². The van der Waals surface area contributed by atoms with Crippen molar-refractivity contribution in [2.24, 2.45) is 0 Å². The molecule has 1 nitrogen and oxygen atoms in total. The van der Waals surface area contributed by atoms with Gasteiger partial charge in [0.1, 0.15) is 0 Å². The molecular formula is C8H17N. The molecule has 0 radical (unpaired) electrons. The van der Waals surface area contributed by atoms with Crippen molar-refractivity contribution in [2.45, 2.75) is 33.6 Å². The van der Waals surface area contributed by atoms with Crippen LogP contribution >= 0.6 is 0 Å². The van der Waals surface area contributed by atoms with E-state index in [0.29, 0.717) is 0 Å². The molecule has 1 heteroatoms. The highest BCUT2D eigenvalue weighted by Crippen LogP contribution is 1.88. The van der Waals surface area contributed by atoms with Crippen molar-refractivity contribution >= 4 is 0 Å². The maximum atomic E-state index is 3.29. The quantitative estimate of drug-likeness (QED) is 0.611. The van der Waals surface area contributed by atoms with E-state index >= 15 is 0 Å². The second kappa shape index (κ2) is 5.67. The molecule has 0 aromatic carbocycles. The average Bonchev–Trinajstić information content (AvgIpc) is 1.85. The van der Waals surface area contributed by atoms with Crippen LogP contribution in [0.5, 0.6) is 0 Å². The van der Waals surface area contributed by atoms with Crippen molar-refractivity contribution in [3.8, 4) is 0 Å². The summed E-state index contributed by atoms with van der Waals surface area (Å²) in [6.45, 7) is 7.53. The Morgan fingerprint density at radius 1 is 1.44 bits per heavy atom. The Bertz CT molecular complexity index is 84.6. The maximum absolute atomic E-state index is 3.29. The molecule has 0 aromatic heterocycles. The first-order chi connectivity index (χ1) is 4.31. The summed E-state index contributed by atoms with van der Waals surface area (Å²) in [7, 11) is 0. The Hall–Kier alpha value is -0.460. The highest BCUT2D eigenvalue weighted by Gasteiger charge is 1.81. The van der Waals surface area contributed by atoms with Crippen LogP contribution in [0.4, 0.5) is 0 Å². The Morgan fingerprint density at radius 2 is 2.11 bits per heavy atom. The first kappa shape index (κ1) is 8.54. The van der Waals surface area contributed by atoms with E-state index in [0.717, 1.165) is 13.0 Å². The van der Waals surface area contributed by atoms with Crippen LogP contribution in [-0.4, -0.2) is 6.54 Å². The fraction of sp³-hybridized carbons (Fsp3) is 0.750. The van der Waals surface area contributed by atoms with Gasteiger partial charge >= 0.3 is 0 Å². The molecule has 0 aromatic rings. The van der Waals surface area contributed by atoms with Crippen LogP contribution in [0.25, 0.3) is 0 Å². The molecule has 0 fully saturated rings. The summed E-state index contributed by atoms with van der Waals surface area (Å²) in [5, 5.41) is 3.29. The molecule has 0 atom stereocenters. The smallest absolute Gasteiger partial charge is 0.0141 e. The minimum atomic E-state index is 1.10. The summed E-state index contributed by atoms with van der Waals surface area (Å²) in [6, 6.07) is 0. The van der Waals surface area contributed by atoms with Crippen molar-refractivity contribution < 1.29 is 0 Å². The number of nitrogens with one attached hydrogen (secondary N) is 1. The molecule has 9 heavy (non-hydrogen) atoms. The van der Waals surface area contributed by atoms with E-state index < -0.39 is 0 Å². The van der Waals surface area contributed by atoms with Crippen LogP contribution in [0.1, 0.15) is 33.6 Å². The van der Waals surface area contributed by atoms with Gasteiger partial charge in [-0.25, -0.2) is 0 Å². The van der Waals surface area contributed by atoms with Gasteiger partial charge in [0.05, 0.1) is 0 Å². The molecule has 0 aliphatic rings. The summed E-state index contributed by atoms with van der Waals surface area (Å²) in [4.78, 5) is 0. The minimum Gasteiger partial charge on any atom is -0.389 e. The predicted molar refractivity (Wildman–Crippen MR) is 42.3 cm³/mol. The highest BCUT2D eigenvalue weighted by atomic mass is 14.9. The van der Waals surface area contributed by atoms with Crippen LogP contribution in [-0.2, 0) is 0 Å². The lowest BCUT2D eigenvalue weighted by molar-refractivity contribution is 0.765. The number of hydrogen-bond donors (Lipinski definition) is 1. The molecule has 0 amide bonds. The van der Waals surface area contributed by atoms with Gasteiger partial charge in [0.2, 0.25) is 0 Å². The van der Waals surface area contributed by atoms with Gasteiger partial charge in [0.15, 0.2) is 0 Å². The Balaban J connectivity index is 3.25. The van der Waals surface area contributed by atoms with Crippen LogP contribution in [0.3, 0.4) is 0 Å². The predicted octanol–water partition coefficient (Wildman–Crippen LogP) is 2.30. The van der Waals surface area contributed by atoms with Gasteiger partial charge in [-0.2, -0.15) is 0 Å². The largest absolute Gasteiger partial charge is 0.389 e. The molecule has 0 heterocycles. The van der Waals surface area contributed by atoms with Crippen molar-refractivity contribution in [1.29, 1.82) is 0 Å². The lowest BCUT2D eigenvalue weighted by Gasteiger charge is -2.02. The third-order valence-corrected chi connectivity index (χ3v) is 1.16. The fourth-order valence-corrected chi connectivity index (χ4v) is 0.701. The van der Waals surface area contributed by atoms with Gasteiger partial charge in [0.25, 0.3) is 0 Å². The maximum Gasteiger partial charge on any atom is 0.0141 e. The Kier molecular flexibility index (Phi) is 5.38. The molecule has 0 spiro atoms. The van der Waals surface area contributed by atoms with Gasteiger partial charge in [-0.3, -0.25) is 0 Å². The second-order valence-corrected chi connectivity index (χ2v) is 2.22. The Morgan fingerprint density at radius 3 is 2.56 bits per heavy atom. The normalized spacial score (nSPS) is 11.7. The number of hydrogen-bond acceptors (Lipinski definition) is 1. The van der Waals surface area contributed by atoms with E-state index in [4.69, 9.17) is 0 Å². The van der Waals surface area contributed by atoms with Crippen LogP contribution in [0.2, 0.25) is 0 Å². The Labute approximate surface area is 58.2 Å². The molecule has 1 N–H and O–H groups in total. The monoisotopic (exact) mass is 127 g/mol. The van der Waals surface area contributed by atoms with Gasteiger partial charge in [-0.1, -0.05) is 19.9 Å². The van der Waals surface area contributed by atoms with Gasteiger partial charge in [-0.15, -0.1) is 0 Å². The molecule has 0 saturated heterocycles. The molecule has 0 saturated carbocycles. The van der Waals surface area contributed by atoms with Crippen LogP contribution in [0, 0.1) is 0 Å². The lowest BCUT2D eigenvalue weighted by Crippen LogP contribution is -2.11. The molecular weight excluding hydrogens is 110 g/mol. The highest BCUT2D eigenvalue weighted by molar-refractivity contribution is 4.93. The second-order valence-electron chi connectivity index (χ2n) is 2.22. The van der Waals surface area contributed by atoms with Crippen LogP contribution in [0.15, 0.2) is 11.8 Å². The summed E-state index contributed by atoms with van der Waals surface area (Å²) < 4.78 is 0. The molecule has 0 aliphatic carbocycles. The first-order valence-corrected chi connectivity index (χ1v) is 3.71. The number of rotatable bonds is 4. The lowest BCUT2D eigenvalue weighted by atomic mass is 10.3. The third-order valence-electron chi connectivity index (χ3n) is 1.16. The SMILES string of the molecule is CCC=C(C)NCCC. The van der Waals surface area contributed by atoms with Crippen molar-refractivity contribution in [1.82, 2.24) is 5.32 Å². The molecule has 0 rings (SSSR count). The van der Waals surface area contributed by atoms with E-state index in [1.807, 2.05) is 0 Å². The van der Waals surface area contributed by atoms with Gasteiger partial charge < -0.3 is 5.32 Å². The minimum absolute atomic E-state index is 1.10. The number of allylic oxidation sites excluding steroid dienone is 2. The summed E-state index contributed by atoms with van der Waals surface area (Å²) in [5.74, 6) is 0. The molecule has 0 bridgehead atoms. The third kappa shape index (κ3) is 5.41. The van der Waals surface area contributed by atoms with E-state index in [2.05, 4.69) is 32.2 Å². The molecule has 0 aliphatic heterocycles. The van der Waals surface area contributed by atoms with E-state index in [1.165, 1.54) is 12.1 Å².